The highest BCUT2D eigenvalue weighted by atomic mass is 19.4. The predicted octanol–water partition coefficient (Wildman–Crippen LogP) is 12.5. The molecule has 0 saturated heterocycles. The number of aryl methyl sites for hydroxylation is 1. The Morgan fingerprint density at radius 2 is 1.04 bits per heavy atom. The van der Waals surface area contributed by atoms with Crippen LogP contribution in [-0.4, -0.2) is 14.1 Å². The third-order valence-electron chi connectivity index (χ3n) is 10.1. The third kappa shape index (κ3) is 4.18. The molecule has 7 aromatic carbocycles. The summed E-state index contributed by atoms with van der Waals surface area (Å²) in [5, 5.41) is 8.35. The SMILES string of the molecule is Cc1ccc2c(c1)c1c3ccc4cc5c(c6ccc(cc1n2-c1cccc(C(F)(F)F)c1)c3c46)c1ncccc1n5-c1cccc(C(F)(F)F)c1. The lowest BCUT2D eigenvalue weighted by Gasteiger charge is -2.15. The van der Waals surface area contributed by atoms with Gasteiger partial charge in [-0.25, -0.2) is 0 Å². The van der Waals surface area contributed by atoms with Crippen molar-refractivity contribution in [3.63, 3.8) is 0 Å². The minimum Gasteiger partial charge on any atom is -0.309 e. The second-order valence-electron chi connectivity index (χ2n) is 13.1. The summed E-state index contributed by atoms with van der Waals surface area (Å²) in [6.07, 6.45) is -7.31. The second kappa shape index (κ2) is 10.0. The minimum atomic E-state index is -4.50. The number of hydrogen-bond acceptors (Lipinski definition) is 1. The molecule has 0 bridgehead atoms. The van der Waals surface area contributed by atoms with E-state index in [1.54, 1.807) is 24.4 Å². The molecule has 51 heavy (non-hydrogen) atoms. The van der Waals surface area contributed by atoms with Crippen molar-refractivity contribution in [2.75, 3.05) is 0 Å². The van der Waals surface area contributed by atoms with Crippen molar-refractivity contribution in [2.24, 2.45) is 0 Å². The summed E-state index contributed by atoms with van der Waals surface area (Å²) in [5.74, 6) is 0. The highest BCUT2D eigenvalue weighted by Crippen LogP contribution is 2.47. The highest BCUT2D eigenvalue weighted by Gasteiger charge is 2.32. The van der Waals surface area contributed by atoms with E-state index in [4.69, 9.17) is 4.98 Å². The van der Waals surface area contributed by atoms with E-state index in [2.05, 4.69) is 6.07 Å². The Bertz CT molecular complexity index is 3070. The highest BCUT2D eigenvalue weighted by molar-refractivity contribution is 6.37. The Labute approximate surface area is 284 Å². The molecule has 0 spiro atoms. The van der Waals surface area contributed by atoms with E-state index >= 15 is 0 Å². The first kappa shape index (κ1) is 29.8. The summed E-state index contributed by atoms with van der Waals surface area (Å²) in [6.45, 7) is 1.99. The number of alkyl halides is 6. The largest absolute Gasteiger partial charge is 0.416 e. The van der Waals surface area contributed by atoms with Crippen LogP contribution >= 0.6 is 0 Å². The first-order valence-electron chi connectivity index (χ1n) is 16.3. The quantitative estimate of drug-likeness (QED) is 0.131. The zero-order valence-electron chi connectivity index (χ0n) is 26.7. The maximum absolute atomic E-state index is 13.9. The van der Waals surface area contributed by atoms with Crippen LogP contribution in [0.2, 0.25) is 0 Å². The summed E-state index contributed by atoms with van der Waals surface area (Å²) in [4.78, 5) is 4.74. The lowest BCUT2D eigenvalue weighted by Crippen LogP contribution is -2.06. The maximum atomic E-state index is 13.9. The van der Waals surface area contributed by atoms with Gasteiger partial charge >= 0.3 is 12.4 Å². The molecule has 3 heterocycles. The van der Waals surface area contributed by atoms with Crippen molar-refractivity contribution < 1.29 is 26.3 Å². The fourth-order valence-corrected chi connectivity index (χ4v) is 8.08. The lowest BCUT2D eigenvalue weighted by molar-refractivity contribution is -0.138. The van der Waals surface area contributed by atoms with Crippen molar-refractivity contribution in [2.45, 2.75) is 19.3 Å². The standard InChI is InChI=1S/C42H23F6N3/c1-22-10-15-32-31(17-22)38-29-13-11-24-19-35-39(40-33(9-4-16-49-40)51(35)28-8-3-6-26(21-28)42(46,47)48)30-14-12-23(36(29)37(24)30)18-34(38)50(32)27-7-2-5-25(20-27)41(43,44)45/h2-21H,1H3. The van der Waals surface area contributed by atoms with Crippen LogP contribution in [-0.2, 0) is 12.4 Å². The molecule has 0 fully saturated rings. The molecule has 0 aliphatic carbocycles. The van der Waals surface area contributed by atoms with E-state index in [1.165, 1.54) is 18.2 Å². The van der Waals surface area contributed by atoms with Crippen LogP contribution < -0.4 is 0 Å². The molecule has 0 radical (unpaired) electrons. The predicted molar refractivity (Wildman–Crippen MR) is 191 cm³/mol. The molecule has 0 unspecified atom stereocenters. The van der Waals surface area contributed by atoms with Crippen LogP contribution in [0, 0.1) is 6.92 Å². The van der Waals surface area contributed by atoms with Gasteiger partial charge in [-0.2, -0.15) is 26.3 Å². The Kier molecular flexibility index (Phi) is 5.84. The normalized spacial score (nSPS) is 13.0. The van der Waals surface area contributed by atoms with Crippen LogP contribution in [0.3, 0.4) is 0 Å². The summed E-state index contributed by atoms with van der Waals surface area (Å²) in [5.41, 5.74) is 4.02. The molecule has 0 saturated carbocycles. The van der Waals surface area contributed by atoms with Crippen molar-refractivity contribution in [1.82, 2.24) is 14.1 Å². The molecule has 0 atom stereocenters. The van der Waals surface area contributed by atoms with Crippen LogP contribution in [0.25, 0.3) is 87.4 Å². The average molecular weight is 684 g/mol. The molecule has 248 valence electrons. The zero-order valence-corrected chi connectivity index (χ0v) is 26.7. The zero-order chi connectivity index (χ0) is 35.0. The van der Waals surface area contributed by atoms with Crippen molar-refractivity contribution in [1.29, 1.82) is 0 Å². The second-order valence-corrected chi connectivity index (χ2v) is 13.1. The van der Waals surface area contributed by atoms with Crippen molar-refractivity contribution in [3.05, 3.63) is 138 Å². The fraction of sp³-hybridized carbons (Fsp3) is 0.0714. The third-order valence-corrected chi connectivity index (χ3v) is 10.1. The van der Waals surface area contributed by atoms with Gasteiger partial charge in [0.05, 0.1) is 38.7 Å². The van der Waals surface area contributed by atoms with Gasteiger partial charge in [-0.15, -0.1) is 0 Å². The molecule has 3 aromatic heterocycles. The van der Waals surface area contributed by atoms with Crippen LogP contribution in [0.15, 0.2) is 121 Å². The van der Waals surface area contributed by atoms with E-state index in [1.807, 2.05) is 70.7 Å². The molecule has 0 aliphatic rings. The topological polar surface area (TPSA) is 22.8 Å². The average Bonchev–Trinajstić information content (AvgIpc) is 3.61. The van der Waals surface area contributed by atoms with E-state index in [-0.39, 0.29) is 0 Å². The van der Waals surface area contributed by atoms with Gasteiger partial charge in [0, 0.05) is 33.7 Å². The number of fused-ring (bicyclic) bond motifs is 8. The molecule has 0 aliphatic heterocycles. The van der Waals surface area contributed by atoms with Gasteiger partial charge in [-0.05, 0) is 112 Å². The van der Waals surface area contributed by atoms with Gasteiger partial charge in [0.15, 0.2) is 0 Å². The molecular weight excluding hydrogens is 660 g/mol. The number of benzene rings is 7. The Morgan fingerprint density at radius 1 is 0.471 bits per heavy atom. The number of pyridine rings is 1. The Balaban J connectivity index is 1.34. The first-order valence-corrected chi connectivity index (χ1v) is 16.3. The van der Waals surface area contributed by atoms with E-state index < -0.39 is 23.5 Å². The summed E-state index contributed by atoms with van der Waals surface area (Å²) in [7, 11) is 0. The fourth-order valence-electron chi connectivity index (χ4n) is 8.08. The Hall–Kier alpha value is -6.09. The summed E-state index contributed by atoms with van der Waals surface area (Å²) < 4.78 is 86.9. The molecule has 10 rings (SSSR count). The summed E-state index contributed by atoms with van der Waals surface area (Å²) in [6, 6.07) is 32.5. The summed E-state index contributed by atoms with van der Waals surface area (Å²) >= 11 is 0. The number of aromatic nitrogens is 3. The van der Waals surface area contributed by atoms with Gasteiger partial charge in [0.25, 0.3) is 0 Å². The maximum Gasteiger partial charge on any atom is 0.416 e. The molecular formula is C42H23F6N3. The molecule has 10 aromatic rings. The number of hydrogen-bond donors (Lipinski definition) is 0. The number of rotatable bonds is 2. The molecule has 0 N–H and O–H groups in total. The monoisotopic (exact) mass is 683 g/mol. The van der Waals surface area contributed by atoms with E-state index in [0.717, 1.165) is 88.8 Å². The van der Waals surface area contributed by atoms with Crippen molar-refractivity contribution >= 4 is 76.1 Å². The molecule has 9 heteroatoms. The van der Waals surface area contributed by atoms with Gasteiger partial charge in [-0.1, -0.05) is 48.0 Å². The van der Waals surface area contributed by atoms with Crippen LogP contribution in [0.4, 0.5) is 26.3 Å². The van der Waals surface area contributed by atoms with Crippen molar-refractivity contribution in [3.8, 4) is 11.4 Å². The van der Waals surface area contributed by atoms with Crippen LogP contribution in [0.5, 0.6) is 0 Å². The number of nitrogens with zero attached hydrogens (tertiary/aromatic N) is 3. The lowest BCUT2D eigenvalue weighted by atomic mass is 9.90. The van der Waals surface area contributed by atoms with Gasteiger partial charge in [0.1, 0.15) is 0 Å². The van der Waals surface area contributed by atoms with Crippen LogP contribution in [0.1, 0.15) is 16.7 Å². The van der Waals surface area contributed by atoms with E-state index in [9.17, 15) is 26.3 Å². The van der Waals surface area contributed by atoms with Gasteiger partial charge in [-0.3, -0.25) is 4.98 Å². The number of halogens is 6. The van der Waals surface area contributed by atoms with Gasteiger partial charge in [0.2, 0.25) is 0 Å². The molecule has 0 amide bonds. The van der Waals surface area contributed by atoms with Gasteiger partial charge < -0.3 is 9.13 Å². The minimum absolute atomic E-state index is 0.380. The van der Waals surface area contributed by atoms with E-state index in [0.29, 0.717) is 22.4 Å². The first-order chi connectivity index (χ1) is 24.5. The smallest absolute Gasteiger partial charge is 0.309 e. The Morgan fingerprint density at radius 3 is 1.65 bits per heavy atom. The molecule has 3 nitrogen and oxygen atoms in total.